The van der Waals surface area contributed by atoms with E-state index in [1.807, 2.05) is 6.07 Å². The first-order valence-corrected chi connectivity index (χ1v) is 13.6. The molecule has 3 aromatic carbocycles. The van der Waals surface area contributed by atoms with Gasteiger partial charge in [-0.3, -0.25) is 9.59 Å². The summed E-state index contributed by atoms with van der Waals surface area (Å²) in [6, 6.07) is 22.1. The third-order valence-corrected chi connectivity index (χ3v) is 8.32. The van der Waals surface area contributed by atoms with Gasteiger partial charge in [0.1, 0.15) is 4.88 Å². The number of thiazole rings is 1. The van der Waals surface area contributed by atoms with Crippen LogP contribution in [0.5, 0.6) is 0 Å². The molecule has 0 atom stereocenters. The quantitative estimate of drug-likeness (QED) is 0.300. The minimum atomic E-state index is -3.31. The molecule has 0 aliphatic rings. The van der Waals surface area contributed by atoms with E-state index < -0.39 is 9.84 Å². The molecule has 35 heavy (non-hydrogen) atoms. The van der Waals surface area contributed by atoms with E-state index in [0.717, 1.165) is 11.3 Å². The third kappa shape index (κ3) is 5.67. The minimum absolute atomic E-state index is 0.00861. The summed E-state index contributed by atoms with van der Waals surface area (Å²) in [6.45, 7) is 1.58. The second-order valence-corrected chi connectivity index (χ2v) is 11.3. The molecule has 0 saturated heterocycles. The number of aromatic nitrogens is 1. The van der Waals surface area contributed by atoms with Crippen LogP contribution in [0.15, 0.2) is 83.8 Å². The Morgan fingerprint density at radius 2 is 1.60 bits per heavy atom. The van der Waals surface area contributed by atoms with Gasteiger partial charge < -0.3 is 5.32 Å². The lowest BCUT2D eigenvalue weighted by atomic mass is 10.1. The molecule has 1 N–H and O–H groups in total. The number of carbonyl (C=O) groups is 2. The first-order valence-electron chi connectivity index (χ1n) is 10.8. The van der Waals surface area contributed by atoms with Crippen molar-refractivity contribution in [2.24, 2.45) is 0 Å². The van der Waals surface area contributed by atoms with E-state index >= 15 is 0 Å². The Hall–Kier alpha value is -3.33. The number of ketones is 1. The molecular formula is C26H21ClN2O4S2. The number of hydrogen-bond donors (Lipinski definition) is 1. The number of nitrogens with one attached hydrogen (secondary N) is 1. The van der Waals surface area contributed by atoms with Crippen LogP contribution in [0.4, 0.5) is 5.13 Å². The number of anilines is 1. The van der Waals surface area contributed by atoms with E-state index in [9.17, 15) is 18.0 Å². The van der Waals surface area contributed by atoms with Gasteiger partial charge in [0.05, 0.1) is 27.8 Å². The molecule has 0 aliphatic carbocycles. The van der Waals surface area contributed by atoms with E-state index in [2.05, 4.69) is 10.3 Å². The number of carbonyl (C=O) groups excluding carboxylic acids is 2. The number of hydrogen-bond acceptors (Lipinski definition) is 6. The van der Waals surface area contributed by atoms with Crippen LogP contribution in [-0.2, 0) is 21.1 Å². The zero-order valence-electron chi connectivity index (χ0n) is 18.7. The number of amides is 1. The zero-order valence-corrected chi connectivity index (χ0v) is 21.1. The minimum Gasteiger partial charge on any atom is -0.302 e. The first kappa shape index (κ1) is 24.8. The Kier molecular flexibility index (Phi) is 7.45. The molecule has 178 valence electrons. The van der Waals surface area contributed by atoms with Crippen molar-refractivity contribution in [3.63, 3.8) is 0 Å². The topological polar surface area (TPSA) is 93.2 Å². The molecule has 1 heterocycles. The van der Waals surface area contributed by atoms with Crippen molar-refractivity contribution in [3.05, 3.63) is 99.9 Å². The van der Waals surface area contributed by atoms with Crippen molar-refractivity contribution in [2.45, 2.75) is 18.2 Å². The van der Waals surface area contributed by atoms with E-state index in [0.29, 0.717) is 32.3 Å². The SMILES string of the molecule is CCS(=O)(=O)c1ccc(CC(=O)Nc2nc(-c3ccccc3Cl)c(C(=O)c3ccccc3)s2)cc1. The Morgan fingerprint density at radius 3 is 2.26 bits per heavy atom. The first-order chi connectivity index (χ1) is 16.8. The summed E-state index contributed by atoms with van der Waals surface area (Å²) in [4.78, 5) is 31.1. The summed E-state index contributed by atoms with van der Waals surface area (Å²) in [5.41, 5.74) is 2.15. The summed E-state index contributed by atoms with van der Waals surface area (Å²) >= 11 is 7.47. The standard InChI is InChI=1S/C26H21ClN2O4S2/c1-2-35(32,33)19-14-12-17(13-15-19)16-22(30)28-26-29-23(20-10-6-7-11-21(20)27)25(34-26)24(31)18-8-4-3-5-9-18/h3-15H,2,16H2,1H3,(H,28,29,30). The maximum Gasteiger partial charge on any atom is 0.230 e. The molecule has 0 spiro atoms. The van der Waals surface area contributed by atoms with Crippen LogP contribution in [0.2, 0.25) is 5.02 Å². The molecule has 0 saturated carbocycles. The largest absolute Gasteiger partial charge is 0.302 e. The Balaban J connectivity index is 1.60. The highest BCUT2D eigenvalue weighted by Gasteiger charge is 2.23. The van der Waals surface area contributed by atoms with Gasteiger partial charge in [0.25, 0.3) is 0 Å². The summed E-state index contributed by atoms with van der Waals surface area (Å²) in [5.74, 6) is -0.546. The van der Waals surface area contributed by atoms with Crippen LogP contribution < -0.4 is 5.32 Å². The van der Waals surface area contributed by atoms with Gasteiger partial charge in [0, 0.05) is 11.1 Å². The summed E-state index contributed by atoms with van der Waals surface area (Å²) in [7, 11) is -3.31. The molecule has 6 nitrogen and oxygen atoms in total. The third-order valence-electron chi connectivity index (χ3n) is 5.27. The fourth-order valence-corrected chi connectivity index (χ4v) is 5.48. The maximum atomic E-state index is 13.2. The lowest BCUT2D eigenvalue weighted by Crippen LogP contribution is -2.14. The smallest absolute Gasteiger partial charge is 0.230 e. The fourth-order valence-electron chi connectivity index (χ4n) is 3.41. The van der Waals surface area contributed by atoms with E-state index in [4.69, 9.17) is 11.6 Å². The lowest BCUT2D eigenvalue weighted by Gasteiger charge is -2.05. The molecule has 9 heteroatoms. The zero-order chi connectivity index (χ0) is 25.0. The normalized spacial score (nSPS) is 11.3. The molecule has 4 aromatic rings. The highest BCUT2D eigenvalue weighted by atomic mass is 35.5. The molecular weight excluding hydrogens is 504 g/mol. The molecule has 0 unspecified atom stereocenters. The number of nitrogens with zero attached hydrogens (tertiary/aromatic N) is 1. The maximum absolute atomic E-state index is 13.2. The van der Waals surface area contributed by atoms with Gasteiger partial charge in [-0.05, 0) is 23.8 Å². The molecule has 1 aromatic heterocycles. The average Bonchev–Trinajstić information content (AvgIpc) is 3.27. The average molecular weight is 525 g/mol. The highest BCUT2D eigenvalue weighted by Crippen LogP contribution is 2.36. The van der Waals surface area contributed by atoms with Gasteiger partial charge in [-0.2, -0.15) is 0 Å². The Morgan fingerprint density at radius 1 is 0.943 bits per heavy atom. The number of benzene rings is 3. The van der Waals surface area contributed by atoms with Crippen molar-refractivity contribution < 1.29 is 18.0 Å². The molecule has 4 rings (SSSR count). The Labute approximate surface area is 212 Å². The van der Waals surface area contributed by atoms with Crippen molar-refractivity contribution in [2.75, 3.05) is 11.1 Å². The van der Waals surface area contributed by atoms with Crippen molar-refractivity contribution in [1.29, 1.82) is 0 Å². The highest BCUT2D eigenvalue weighted by molar-refractivity contribution is 7.91. The monoisotopic (exact) mass is 524 g/mol. The predicted molar refractivity (Wildman–Crippen MR) is 139 cm³/mol. The summed E-state index contributed by atoms with van der Waals surface area (Å²) in [6.07, 6.45) is 0.0232. The molecule has 0 bridgehead atoms. The van der Waals surface area contributed by atoms with Crippen LogP contribution in [0.3, 0.4) is 0 Å². The van der Waals surface area contributed by atoms with Crippen LogP contribution in [0, 0.1) is 0 Å². The van der Waals surface area contributed by atoms with E-state index in [-0.39, 0.29) is 33.9 Å². The van der Waals surface area contributed by atoms with Crippen LogP contribution in [0.1, 0.15) is 27.7 Å². The lowest BCUT2D eigenvalue weighted by molar-refractivity contribution is -0.115. The van der Waals surface area contributed by atoms with Gasteiger partial charge in [0.15, 0.2) is 15.0 Å². The second-order valence-electron chi connectivity index (χ2n) is 7.64. The van der Waals surface area contributed by atoms with Crippen molar-refractivity contribution >= 4 is 49.6 Å². The van der Waals surface area contributed by atoms with Gasteiger partial charge in [-0.1, -0.05) is 90.5 Å². The van der Waals surface area contributed by atoms with Gasteiger partial charge >= 0.3 is 0 Å². The van der Waals surface area contributed by atoms with Crippen LogP contribution >= 0.6 is 22.9 Å². The molecule has 0 radical (unpaired) electrons. The van der Waals surface area contributed by atoms with Crippen molar-refractivity contribution in [3.8, 4) is 11.3 Å². The van der Waals surface area contributed by atoms with Gasteiger partial charge in [-0.15, -0.1) is 0 Å². The van der Waals surface area contributed by atoms with Gasteiger partial charge in [0.2, 0.25) is 11.7 Å². The van der Waals surface area contributed by atoms with Gasteiger partial charge in [-0.25, -0.2) is 13.4 Å². The second kappa shape index (κ2) is 10.5. The number of halogens is 1. The summed E-state index contributed by atoms with van der Waals surface area (Å²) in [5, 5.41) is 3.47. The summed E-state index contributed by atoms with van der Waals surface area (Å²) < 4.78 is 24.0. The molecule has 1 amide bonds. The molecule has 0 fully saturated rings. The number of rotatable bonds is 8. The number of sulfone groups is 1. The van der Waals surface area contributed by atoms with Crippen LogP contribution in [-0.4, -0.2) is 30.8 Å². The van der Waals surface area contributed by atoms with E-state index in [1.54, 1.807) is 67.6 Å². The van der Waals surface area contributed by atoms with Crippen molar-refractivity contribution in [1.82, 2.24) is 4.98 Å². The van der Waals surface area contributed by atoms with Crippen LogP contribution in [0.25, 0.3) is 11.3 Å². The predicted octanol–water partition coefficient (Wildman–Crippen LogP) is 5.67. The van der Waals surface area contributed by atoms with E-state index in [1.165, 1.54) is 12.1 Å². The fraction of sp³-hybridized carbons (Fsp3) is 0.115. The molecule has 0 aliphatic heterocycles. The Bertz CT molecular complexity index is 1480.